The van der Waals surface area contributed by atoms with Gasteiger partial charge in [-0.1, -0.05) is 26.7 Å². The van der Waals surface area contributed by atoms with E-state index in [4.69, 9.17) is 4.89 Å². The average Bonchev–Trinajstić information content (AvgIpc) is 2.04. The minimum atomic E-state index is -2.93. The zero-order valence-corrected chi connectivity index (χ0v) is 9.24. The Labute approximate surface area is 79.4 Å². The van der Waals surface area contributed by atoms with Crippen LogP contribution in [0.5, 0.6) is 0 Å². The fourth-order valence-corrected chi connectivity index (χ4v) is 0.652. The Morgan fingerprint density at radius 1 is 1.54 bits per heavy atom. The van der Waals surface area contributed by atoms with Crippen LogP contribution in [0, 0.1) is 0 Å². The van der Waals surface area contributed by atoms with Gasteiger partial charge in [0.1, 0.15) is 6.23 Å². The number of hydrogen-bond donors (Lipinski definition) is 2. The van der Waals surface area contributed by atoms with Crippen molar-refractivity contribution in [1.82, 2.24) is 5.32 Å². The third-order valence-corrected chi connectivity index (χ3v) is 1.64. The zero-order chi connectivity index (χ0) is 10.7. The molecule has 0 spiro atoms. The quantitative estimate of drug-likeness (QED) is 0.408. The van der Waals surface area contributed by atoms with E-state index in [2.05, 4.69) is 23.7 Å². The van der Waals surface area contributed by atoms with Crippen molar-refractivity contribution in [2.75, 3.05) is 0 Å². The van der Waals surface area contributed by atoms with Gasteiger partial charge in [0, 0.05) is 0 Å². The molecule has 0 saturated carbocycles. The molecule has 2 N–H and O–H groups in total. The summed E-state index contributed by atoms with van der Waals surface area (Å²) in [6, 6.07) is 0. The molecule has 0 radical (unpaired) electrons. The van der Waals surface area contributed by atoms with Crippen molar-refractivity contribution in [3.8, 4) is 0 Å². The second-order valence-electron chi connectivity index (χ2n) is 2.31. The first-order valence-corrected chi connectivity index (χ1v) is 5.44. The normalized spacial score (nSPS) is 13.5. The third kappa shape index (κ3) is 18.5. The maximum Gasteiger partial charge on any atom is 0.318 e. The van der Waals surface area contributed by atoms with Gasteiger partial charge in [0.05, 0.1) is 0 Å². The minimum Gasteiger partial charge on any atom is -0.333 e. The van der Waals surface area contributed by atoms with Crippen molar-refractivity contribution in [2.45, 2.75) is 39.8 Å². The molecule has 6 heteroatoms. The van der Waals surface area contributed by atoms with Crippen LogP contribution in [0.1, 0.15) is 33.6 Å². The van der Waals surface area contributed by atoms with E-state index in [0.717, 1.165) is 0 Å². The van der Waals surface area contributed by atoms with E-state index < -0.39 is 14.5 Å². The zero-order valence-electron chi connectivity index (χ0n) is 8.24. The monoisotopic (exact) mass is 211 g/mol. The van der Waals surface area contributed by atoms with E-state index in [-0.39, 0.29) is 0 Å². The molecule has 2 unspecified atom stereocenters. The van der Waals surface area contributed by atoms with Crippen LogP contribution in [0.15, 0.2) is 0 Å². The first-order valence-electron chi connectivity index (χ1n) is 4.17. The SMILES string of the molecule is CC(NC=O)O[PH](=O)O.CCCC. The molecular formula is C7H18NO4P. The Morgan fingerprint density at radius 3 is 2.23 bits per heavy atom. The smallest absolute Gasteiger partial charge is 0.318 e. The Bertz CT molecular complexity index is 140. The molecule has 1 amide bonds. The lowest BCUT2D eigenvalue weighted by atomic mass is 10.4. The van der Waals surface area contributed by atoms with Crippen molar-refractivity contribution >= 4 is 14.7 Å². The van der Waals surface area contributed by atoms with Crippen LogP contribution in [-0.2, 0) is 13.9 Å². The molecule has 80 valence electrons. The highest BCUT2D eigenvalue weighted by Gasteiger charge is 2.00. The van der Waals surface area contributed by atoms with Gasteiger partial charge in [0.15, 0.2) is 0 Å². The molecule has 0 fully saturated rings. The summed E-state index contributed by atoms with van der Waals surface area (Å²) in [5, 5.41) is 2.14. The van der Waals surface area contributed by atoms with Crippen LogP contribution in [0.2, 0.25) is 0 Å². The van der Waals surface area contributed by atoms with Crippen molar-refractivity contribution < 1.29 is 18.8 Å². The number of carbonyl (C=O) groups excluding carboxylic acids is 1. The minimum absolute atomic E-state index is 0.398. The van der Waals surface area contributed by atoms with Gasteiger partial charge < -0.3 is 10.2 Å². The van der Waals surface area contributed by atoms with E-state index in [1.807, 2.05) is 0 Å². The van der Waals surface area contributed by atoms with Gasteiger partial charge in [-0.2, -0.15) is 0 Å². The maximum absolute atomic E-state index is 9.89. The van der Waals surface area contributed by atoms with E-state index in [0.29, 0.717) is 6.41 Å². The van der Waals surface area contributed by atoms with Crippen LogP contribution in [0.3, 0.4) is 0 Å². The molecule has 13 heavy (non-hydrogen) atoms. The first kappa shape index (κ1) is 15.1. The van der Waals surface area contributed by atoms with Gasteiger partial charge in [0.2, 0.25) is 6.41 Å². The van der Waals surface area contributed by atoms with Gasteiger partial charge in [-0.15, -0.1) is 0 Å². The lowest BCUT2D eigenvalue weighted by molar-refractivity contribution is -0.111. The fourth-order valence-electron chi connectivity index (χ4n) is 0.281. The largest absolute Gasteiger partial charge is 0.333 e. The van der Waals surface area contributed by atoms with Crippen molar-refractivity contribution in [2.24, 2.45) is 0 Å². The molecule has 0 aromatic carbocycles. The van der Waals surface area contributed by atoms with Crippen LogP contribution < -0.4 is 5.32 Å². The molecule has 0 aliphatic carbocycles. The molecule has 0 saturated heterocycles. The number of rotatable bonds is 5. The van der Waals surface area contributed by atoms with Crippen molar-refractivity contribution in [1.29, 1.82) is 0 Å². The number of amides is 1. The van der Waals surface area contributed by atoms with Crippen LogP contribution >= 0.6 is 8.25 Å². The molecule has 0 aromatic heterocycles. The predicted octanol–water partition coefficient (Wildman–Crippen LogP) is 1.28. The van der Waals surface area contributed by atoms with Gasteiger partial charge in [0.25, 0.3) is 0 Å². The highest BCUT2D eigenvalue weighted by Crippen LogP contribution is 2.15. The summed E-state index contributed by atoms with van der Waals surface area (Å²) in [7, 11) is -2.93. The van der Waals surface area contributed by atoms with Gasteiger partial charge in [-0.05, 0) is 6.92 Å². The summed E-state index contributed by atoms with van der Waals surface area (Å²) >= 11 is 0. The highest BCUT2D eigenvalue weighted by molar-refractivity contribution is 7.32. The van der Waals surface area contributed by atoms with Crippen LogP contribution in [0.25, 0.3) is 0 Å². The van der Waals surface area contributed by atoms with Gasteiger partial charge >= 0.3 is 8.25 Å². The predicted molar refractivity (Wildman–Crippen MR) is 51.5 cm³/mol. The molecular weight excluding hydrogens is 193 g/mol. The Hall–Kier alpha value is -0.380. The van der Waals surface area contributed by atoms with Crippen molar-refractivity contribution in [3.63, 3.8) is 0 Å². The number of hydrogen-bond acceptors (Lipinski definition) is 3. The van der Waals surface area contributed by atoms with E-state index in [1.165, 1.54) is 19.8 Å². The van der Waals surface area contributed by atoms with Gasteiger partial charge in [-0.25, -0.2) is 0 Å². The second-order valence-corrected chi connectivity index (χ2v) is 3.08. The van der Waals surface area contributed by atoms with E-state index in [9.17, 15) is 9.36 Å². The fraction of sp³-hybridized carbons (Fsp3) is 0.857. The maximum atomic E-state index is 9.89. The third-order valence-electron chi connectivity index (χ3n) is 1.08. The van der Waals surface area contributed by atoms with Crippen LogP contribution in [0.4, 0.5) is 0 Å². The lowest BCUT2D eigenvalue weighted by Gasteiger charge is -2.06. The number of nitrogens with one attached hydrogen (secondary N) is 1. The summed E-state index contributed by atoms with van der Waals surface area (Å²) in [5.74, 6) is 0. The molecule has 2 atom stereocenters. The summed E-state index contributed by atoms with van der Waals surface area (Å²) in [6.45, 7) is 5.81. The topological polar surface area (TPSA) is 75.6 Å². The molecule has 0 aliphatic heterocycles. The van der Waals surface area contributed by atoms with E-state index in [1.54, 1.807) is 0 Å². The van der Waals surface area contributed by atoms with Crippen molar-refractivity contribution in [3.05, 3.63) is 0 Å². The number of unbranched alkanes of at least 4 members (excludes halogenated alkanes) is 1. The molecule has 0 heterocycles. The molecule has 0 rings (SSSR count). The summed E-state index contributed by atoms with van der Waals surface area (Å²) in [4.78, 5) is 17.8. The van der Waals surface area contributed by atoms with E-state index >= 15 is 0 Å². The summed E-state index contributed by atoms with van der Waals surface area (Å²) in [6.07, 6.45) is 2.34. The Kier molecular flexibility index (Phi) is 13.5. The molecule has 5 nitrogen and oxygen atoms in total. The molecule has 0 bridgehead atoms. The Balaban J connectivity index is 0. The average molecular weight is 211 g/mol. The standard InChI is InChI=1S/C4H10.C3H8NO4P/c1-3-4-2;1-3(4-2-5)8-9(6)7/h3-4H2,1-2H3;2-3,9H,1H3,(H,4,5)(H,6,7). The number of carbonyl (C=O) groups is 1. The second kappa shape index (κ2) is 11.6. The summed E-state index contributed by atoms with van der Waals surface area (Å²) < 4.78 is 14.1. The van der Waals surface area contributed by atoms with Gasteiger partial charge in [-0.3, -0.25) is 13.9 Å². The molecule has 0 aromatic rings. The lowest BCUT2D eigenvalue weighted by Crippen LogP contribution is -2.24. The first-order chi connectivity index (χ1) is 6.08. The van der Waals surface area contributed by atoms with Crippen LogP contribution in [-0.4, -0.2) is 17.5 Å². The Morgan fingerprint density at radius 2 is 2.00 bits per heavy atom. The molecule has 0 aliphatic rings. The highest BCUT2D eigenvalue weighted by atomic mass is 31.1. The summed E-state index contributed by atoms with van der Waals surface area (Å²) in [5.41, 5.74) is 0.